The number of hydrogen-bond acceptors (Lipinski definition) is 8. The summed E-state index contributed by atoms with van der Waals surface area (Å²) < 4.78 is 30.9. The van der Waals surface area contributed by atoms with Gasteiger partial charge in [-0.15, -0.1) is 0 Å². The molecule has 1 saturated heterocycles. The lowest BCUT2D eigenvalue weighted by Gasteiger charge is -2.21. The van der Waals surface area contributed by atoms with Crippen LogP contribution in [0.1, 0.15) is 48.5 Å². The molecule has 10 heteroatoms. The van der Waals surface area contributed by atoms with Crippen molar-refractivity contribution in [2.75, 3.05) is 12.4 Å². The quantitative estimate of drug-likeness (QED) is 0.533. The second-order valence-electron chi connectivity index (χ2n) is 7.36. The molecular formula is C20H20ClNO7S. The zero-order valence-electron chi connectivity index (χ0n) is 16.2. The molecule has 3 aliphatic rings. The molecule has 0 spiro atoms. The average molecular weight is 454 g/mol. The van der Waals surface area contributed by atoms with E-state index in [1.165, 1.54) is 19.1 Å². The molecule has 2 heterocycles. The molecule has 2 aliphatic heterocycles. The van der Waals surface area contributed by atoms with Gasteiger partial charge in [-0.2, -0.15) is 0 Å². The van der Waals surface area contributed by atoms with Crippen LogP contribution in [0.4, 0.5) is 0 Å². The second-order valence-corrected chi connectivity index (χ2v) is 9.98. The maximum absolute atomic E-state index is 13.1. The zero-order chi connectivity index (χ0) is 21.6. The van der Waals surface area contributed by atoms with E-state index in [1.807, 2.05) is 0 Å². The summed E-state index contributed by atoms with van der Waals surface area (Å²) in [4.78, 5) is 42.9. The van der Waals surface area contributed by atoms with Crippen LogP contribution in [0.5, 0.6) is 0 Å². The third-order valence-corrected chi connectivity index (χ3v) is 7.76. The third-order valence-electron chi connectivity index (χ3n) is 5.60. The summed E-state index contributed by atoms with van der Waals surface area (Å²) in [5.74, 6) is -3.15. The summed E-state index contributed by atoms with van der Waals surface area (Å²) in [6.07, 6.45) is 0.575. The SMILES string of the molecule is CCS(=O)(=O)c1ccc(C(=O)C2C(=O)CCCC2=O)c(Cl)c1C1=C2CCOC2ON1. The first kappa shape index (κ1) is 21.2. The molecule has 160 valence electrons. The molecule has 8 nitrogen and oxygen atoms in total. The van der Waals surface area contributed by atoms with Gasteiger partial charge in [0, 0.05) is 29.5 Å². The predicted octanol–water partition coefficient (Wildman–Crippen LogP) is 2.25. The Balaban J connectivity index is 1.89. The van der Waals surface area contributed by atoms with Gasteiger partial charge in [-0.3, -0.25) is 19.9 Å². The van der Waals surface area contributed by atoms with Gasteiger partial charge in [0.15, 0.2) is 27.2 Å². The molecular weight excluding hydrogens is 434 g/mol. The van der Waals surface area contributed by atoms with Crippen LogP contribution in [0.2, 0.25) is 5.02 Å². The Kier molecular flexibility index (Phi) is 5.56. The number of hydrogen-bond donors (Lipinski definition) is 1. The summed E-state index contributed by atoms with van der Waals surface area (Å²) in [6.45, 7) is 1.91. The fourth-order valence-electron chi connectivity index (χ4n) is 3.98. The van der Waals surface area contributed by atoms with Crippen molar-refractivity contribution in [3.63, 3.8) is 0 Å². The van der Waals surface area contributed by atoms with E-state index in [1.54, 1.807) is 0 Å². The normalized spacial score (nSPS) is 22.4. The van der Waals surface area contributed by atoms with Crippen LogP contribution in [0.3, 0.4) is 0 Å². The van der Waals surface area contributed by atoms with Gasteiger partial charge in [0.25, 0.3) is 0 Å². The Morgan fingerprint density at radius 3 is 2.57 bits per heavy atom. The molecule has 1 N–H and O–H groups in total. The van der Waals surface area contributed by atoms with Crippen LogP contribution < -0.4 is 5.48 Å². The Hall–Kier alpha value is -2.07. The zero-order valence-corrected chi connectivity index (χ0v) is 17.8. The van der Waals surface area contributed by atoms with Crippen molar-refractivity contribution in [2.45, 2.75) is 43.8 Å². The number of halogens is 1. The predicted molar refractivity (Wildman–Crippen MR) is 106 cm³/mol. The number of ether oxygens (including phenoxy) is 1. The van der Waals surface area contributed by atoms with Gasteiger partial charge in [-0.05, 0) is 25.0 Å². The third kappa shape index (κ3) is 3.39. The van der Waals surface area contributed by atoms with Crippen LogP contribution in [0.15, 0.2) is 22.6 Å². The fraction of sp³-hybridized carbons (Fsp3) is 0.450. The average Bonchev–Trinajstić information content (AvgIpc) is 3.31. The van der Waals surface area contributed by atoms with Crippen LogP contribution in [-0.4, -0.2) is 44.4 Å². The van der Waals surface area contributed by atoms with Crippen molar-refractivity contribution in [2.24, 2.45) is 5.92 Å². The number of fused-ring (bicyclic) bond motifs is 1. The van der Waals surface area contributed by atoms with Gasteiger partial charge in [0.05, 0.1) is 28.0 Å². The summed E-state index contributed by atoms with van der Waals surface area (Å²) in [5.41, 5.74) is 3.75. The van der Waals surface area contributed by atoms with E-state index >= 15 is 0 Å². The molecule has 0 radical (unpaired) electrons. The van der Waals surface area contributed by atoms with E-state index in [2.05, 4.69) is 5.48 Å². The molecule has 0 amide bonds. The van der Waals surface area contributed by atoms with Crippen molar-refractivity contribution in [1.82, 2.24) is 5.48 Å². The Morgan fingerprint density at radius 1 is 1.20 bits per heavy atom. The highest BCUT2D eigenvalue weighted by molar-refractivity contribution is 7.91. The Labute approximate surface area is 178 Å². The van der Waals surface area contributed by atoms with Crippen molar-refractivity contribution in [3.8, 4) is 0 Å². The molecule has 1 unspecified atom stereocenters. The number of carbonyl (C=O) groups excluding carboxylic acids is 3. The van der Waals surface area contributed by atoms with Crippen LogP contribution >= 0.6 is 11.6 Å². The van der Waals surface area contributed by atoms with Gasteiger partial charge < -0.3 is 4.74 Å². The molecule has 1 aromatic rings. The monoisotopic (exact) mass is 453 g/mol. The minimum Gasteiger partial charge on any atom is -0.346 e. The Morgan fingerprint density at radius 2 is 1.90 bits per heavy atom. The highest BCUT2D eigenvalue weighted by Crippen LogP contribution is 2.41. The minimum atomic E-state index is -3.71. The first-order valence-electron chi connectivity index (χ1n) is 9.67. The number of rotatable bonds is 5. The topological polar surface area (TPSA) is 116 Å². The summed E-state index contributed by atoms with van der Waals surface area (Å²) in [5, 5.41) is -0.133. The van der Waals surface area contributed by atoms with Crippen molar-refractivity contribution in [3.05, 3.63) is 33.9 Å². The lowest BCUT2D eigenvalue weighted by Crippen LogP contribution is -2.35. The number of nitrogens with one attached hydrogen (secondary N) is 1. The maximum atomic E-state index is 13.1. The first-order chi connectivity index (χ1) is 14.3. The van der Waals surface area contributed by atoms with E-state index in [0.717, 1.165) is 0 Å². The fourth-order valence-corrected chi connectivity index (χ4v) is 5.49. The van der Waals surface area contributed by atoms with Gasteiger partial charge in [-0.1, -0.05) is 18.5 Å². The number of carbonyl (C=O) groups is 3. The summed E-state index contributed by atoms with van der Waals surface area (Å²) in [7, 11) is -3.71. The summed E-state index contributed by atoms with van der Waals surface area (Å²) in [6, 6.07) is 2.57. The molecule has 1 aromatic carbocycles. The molecule has 1 aliphatic carbocycles. The van der Waals surface area contributed by atoms with Gasteiger partial charge in [-0.25, -0.2) is 13.3 Å². The van der Waals surface area contributed by atoms with Crippen molar-refractivity contribution in [1.29, 1.82) is 0 Å². The van der Waals surface area contributed by atoms with Crippen molar-refractivity contribution < 1.29 is 32.4 Å². The van der Waals surface area contributed by atoms with E-state index in [0.29, 0.717) is 30.7 Å². The lowest BCUT2D eigenvalue weighted by atomic mass is 9.81. The molecule has 1 saturated carbocycles. The number of hydroxylamine groups is 1. The molecule has 2 fully saturated rings. The van der Waals surface area contributed by atoms with E-state index in [4.69, 9.17) is 21.2 Å². The number of ketones is 3. The second kappa shape index (κ2) is 7.88. The standard InChI is InChI=1S/C20H20ClNO7S/c1-2-30(26,27)14-7-6-10(19(25)15-12(23)4-3-5-13(15)24)17(21)16(14)18-11-8-9-28-20(11)29-22-18/h6-7,15,20,22H,2-5,8-9H2,1H3. The van der Waals surface area contributed by atoms with Crippen molar-refractivity contribution >= 4 is 44.5 Å². The van der Waals surface area contributed by atoms with Crippen LogP contribution in [-0.2, 0) is 29.0 Å². The van der Waals surface area contributed by atoms with Crippen LogP contribution in [0.25, 0.3) is 5.70 Å². The number of Topliss-reactive ketones (excluding diaryl/α,β-unsaturated/α-hetero) is 3. The Bertz CT molecular complexity index is 1080. The van der Waals surface area contributed by atoms with E-state index < -0.39 is 39.4 Å². The minimum absolute atomic E-state index is 0.0565. The lowest BCUT2D eigenvalue weighted by molar-refractivity contribution is -0.133. The van der Waals surface area contributed by atoms with Gasteiger partial charge in [0.2, 0.25) is 6.29 Å². The van der Waals surface area contributed by atoms with Gasteiger partial charge >= 0.3 is 0 Å². The van der Waals surface area contributed by atoms with E-state index in [-0.39, 0.29) is 39.6 Å². The molecule has 4 rings (SSSR count). The largest absolute Gasteiger partial charge is 0.346 e. The molecule has 0 aromatic heterocycles. The summed E-state index contributed by atoms with van der Waals surface area (Å²) >= 11 is 6.58. The highest BCUT2D eigenvalue weighted by atomic mass is 35.5. The number of sulfone groups is 1. The van der Waals surface area contributed by atoms with Crippen LogP contribution in [0, 0.1) is 5.92 Å². The van der Waals surface area contributed by atoms with E-state index in [9.17, 15) is 22.8 Å². The maximum Gasteiger partial charge on any atom is 0.208 e. The van der Waals surface area contributed by atoms with Gasteiger partial charge in [0.1, 0.15) is 5.92 Å². The number of benzene rings is 1. The molecule has 0 bridgehead atoms. The smallest absolute Gasteiger partial charge is 0.208 e. The molecule has 1 atom stereocenters. The highest BCUT2D eigenvalue weighted by Gasteiger charge is 2.40. The first-order valence-corrected chi connectivity index (χ1v) is 11.7. The molecule has 30 heavy (non-hydrogen) atoms.